The third-order valence-corrected chi connectivity index (χ3v) is 2.54. The van der Waals surface area contributed by atoms with E-state index in [2.05, 4.69) is 46.4 Å². The fraction of sp³-hybridized carbons (Fsp3) is 0.308. The van der Waals surface area contributed by atoms with Gasteiger partial charge in [-0.3, -0.25) is 5.01 Å². The molecule has 16 heavy (non-hydrogen) atoms. The molecule has 0 fully saturated rings. The van der Waals surface area contributed by atoms with Gasteiger partial charge in [-0.15, -0.1) is 0 Å². The molecule has 2 aliphatic heterocycles. The van der Waals surface area contributed by atoms with Gasteiger partial charge in [-0.1, -0.05) is 32.0 Å². The van der Waals surface area contributed by atoms with Crippen LogP contribution in [0, 0.1) is 0 Å². The summed E-state index contributed by atoms with van der Waals surface area (Å²) in [7, 11) is 1.99. The van der Waals surface area contributed by atoms with E-state index in [0.29, 0.717) is 0 Å². The van der Waals surface area contributed by atoms with Crippen LogP contribution in [0.1, 0.15) is 19.4 Å². The summed E-state index contributed by atoms with van der Waals surface area (Å²) < 4.78 is 0. The average Bonchev–Trinajstić information content (AvgIpc) is 2.72. The maximum absolute atomic E-state index is 4.40. The van der Waals surface area contributed by atoms with Crippen LogP contribution in [0.25, 0.3) is 6.08 Å². The second-order valence-electron chi connectivity index (χ2n) is 3.58. The Labute approximate surface area is 96.7 Å². The fourth-order valence-corrected chi connectivity index (χ4v) is 1.90. The number of hydrogen-bond donors (Lipinski definition) is 0. The van der Waals surface area contributed by atoms with Crippen LogP contribution in [0.5, 0.6) is 0 Å². The Morgan fingerprint density at radius 2 is 1.88 bits per heavy atom. The third-order valence-electron chi connectivity index (χ3n) is 2.54. The van der Waals surface area contributed by atoms with E-state index in [1.54, 1.807) is 0 Å². The minimum atomic E-state index is 0.844. The molecule has 0 unspecified atom stereocenters. The van der Waals surface area contributed by atoms with Crippen LogP contribution in [-0.4, -0.2) is 24.6 Å². The van der Waals surface area contributed by atoms with Crippen LogP contribution in [0.15, 0.2) is 35.4 Å². The number of anilines is 1. The molecule has 0 spiro atoms. The second kappa shape index (κ2) is 4.39. The van der Waals surface area contributed by atoms with Crippen molar-refractivity contribution < 1.29 is 0 Å². The molecule has 0 atom stereocenters. The summed E-state index contributed by atoms with van der Waals surface area (Å²) in [6.07, 6.45) is 4.18. The second-order valence-corrected chi connectivity index (χ2v) is 3.58. The van der Waals surface area contributed by atoms with Crippen molar-refractivity contribution in [3.63, 3.8) is 0 Å². The normalized spacial score (nSPS) is 16.1. The Hall–Kier alpha value is -1.77. The molecule has 84 valence electrons. The van der Waals surface area contributed by atoms with Crippen molar-refractivity contribution >= 4 is 17.6 Å². The van der Waals surface area contributed by atoms with Gasteiger partial charge in [0.05, 0.1) is 5.69 Å². The minimum Gasteiger partial charge on any atom is -0.305 e. The molecule has 3 nitrogen and oxygen atoms in total. The number of hydrazone groups is 1. The van der Waals surface area contributed by atoms with Gasteiger partial charge in [0.1, 0.15) is 6.67 Å². The molecule has 0 bridgehead atoms. The van der Waals surface area contributed by atoms with Crippen LogP contribution in [0.4, 0.5) is 5.69 Å². The highest BCUT2D eigenvalue weighted by molar-refractivity contribution is 6.12. The maximum Gasteiger partial charge on any atom is 0.154 e. The quantitative estimate of drug-likeness (QED) is 0.662. The van der Waals surface area contributed by atoms with Gasteiger partial charge in [0.2, 0.25) is 0 Å². The molecule has 2 heterocycles. The first-order valence-electron chi connectivity index (χ1n) is 5.69. The van der Waals surface area contributed by atoms with E-state index in [1.165, 1.54) is 11.3 Å². The molecular weight excluding hydrogens is 198 g/mol. The van der Waals surface area contributed by atoms with Gasteiger partial charge >= 0.3 is 0 Å². The number of benzene rings is 1. The SMILES string of the molecule is CC.CN1CN2C(=N1)C=Cc1ccccc12. The van der Waals surface area contributed by atoms with E-state index in [1.807, 2.05) is 25.9 Å². The summed E-state index contributed by atoms with van der Waals surface area (Å²) in [5, 5.41) is 6.34. The third kappa shape index (κ3) is 1.69. The van der Waals surface area contributed by atoms with E-state index in [0.717, 1.165) is 12.5 Å². The Kier molecular flexibility index (Phi) is 2.95. The summed E-state index contributed by atoms with van der Waals surface area (Å²) in [5.41, 5.74) is 2.51. The van der Waals surface area contributed by atoms with Gasteiger partial charge < -0.3 is 4.90 Å². The summed E-state index contributed by atoms with van der Waals surface area (Å²) >= 11 is 0. The standard InChI is InChI=1S/C11H11N3.C2H6/c1-13-8-14-10-5-3-2-4-9(10)6-7-11(14)12-13;1-2/h2-7H,8H2,1H3;1-2H3. The smallest absolute Gasteiger partial charge is 0.154 e. The van der Waals surface area contributed by atoms with Crippen molar-refractivity contribution in [2.75, 3.05) is 18.6 Å². The number of para-hydroxylation sites is 1. The number of rotatable bonds is 0. The number of amidine groups is 1. The maximum atomic E-state index is 4.40. The van der Waals surface area contributed by atoms with Crippen molar-refractivity contribution in [3.8, 4) is 0 Å². The average molecular weight is 215 g/mol. The number of nitrogens with zero attached hydrogens (tertiary/aromatic N) is 3. The van der Waals surface area contributed by atoms with Gasteiger partial charge in [-0.2, -0.15) is 5.10 Å². The highest BCUT2D eigenvalue weighted by atomic mass is 15.6. The molecule has 0 amide bonds. The fourth-order valence-electron chi connectivity index (χ4n) is 1.90. The summed E-state index contributed by atoms with van der Waals surface area (Å²) in [4.78, 5) is 2.22. The van der Waals surface area contributed by atoms with Gasteiger partial charge in [-0.05, 0) is 23.8 Å². The Morgan fingerprint density at radius 1 is 1.12 bits per heavy atom. The number of fused-ring (bicyclic) bond motifs is 3. The minimum absolute atomic E-state index is 0.844. The zero-order valence-electron chi connectivity index (χ0n) is 10.0. The molecule has 0 radical (unpaired) electrons. The largest absolute Gasteiger partial charge is 0.305 e. The molecule has 0 saturated heterocycles. The summed E-state index contributed by atoms with van der Waals surface area (Å²) in [5.74, 6) is 1.03. The van der Waals surface area contributed by atoms with Crippen LogP contribution < -0.4 is 4.90 Å². The topological polar surface area (TPSA) is 18.8 Å². The highest BCUT2D eigenvalue weighted by Gasteiger charge is 2.24. The monoisotopic (exact) mass is 215 g/mol. The molecule has 1 aromatic carbocycles. The van der Waals surface area contributed by atoms with Crippen molar-refractivity contribution in [1.29, 1.82) is 0 Å². The first-order valence-corrected chi connectivity index (χ1v) is 5.69. The first kappa shape index (κ1) is 10.7. The van der Waals surface area contributed by atoms with Gasteiger partial charge in [-0.25, -0.2) is 0 Å². The van der Waals surface area contributed by atoms with Crippen LogP contribution in [0.2, 0.25) is 0 Å². The molecule has 1 aromatic rings. The molecule has 0 N–H and O–H groups in total. The molecule has 0 aliphatic carbocycles. The molecule has 0 aromatic heterocycles. The van der Waals surface area contributed by atoms with Gasteiger partial charge in [0.25, 0.3) is 0 Å². The predicted molar refractivity (Wildman–Crippen MR) is 69.4 cm³/mol. The summed E-state index contributed by atoms with van der Waals surface area (Å²) in [6.45, 7) is 4.84. The van der Waals surface area contributed by atoms with Gasteiger partial charge in [0.15, 0.2) is 5.84 Å². The van der Waals surface area contributed by atoms with Gasteiger partial charge in [0, 0.05) is 7.05 Å². The van der Waals surface area contributed by atoms with Crippen molar-refractivity contribution in [3.05, 3.63) is 35.9 Å². The molecular formula is C13H17N3. The van der Waals surface area contributed by atoms with Crippen molar-refractivity contribution in [2.45, 2.75) is 13.8 Å². The lowest BCUT2D eigenvalue weighted by Gasteiger charge is -2.23. The van der Waals surface area contributed by atoms with Crippen LogP contribution in [0.3, 0.4) is 0 Å². The summed E-state index contributed by atoms with van der Waals surface area (Å²) in [6, 6.07) is 8.38. The lowest BCUT2D eigenvalue weighted by Crippen LogP contribution is -2.30. The Morgan fingerprint density at radius 3 is 2.69 bits per heavy atom. The van der Waals surface area contributed by atoms with E-state index < -0.39 is 0 Å². The molecule has 0 saturated carbocycles. The lowest BCUT2D eigenvalue weighted by atomic mass is 10.1. The van der Waals surface area contributed by atoms with Crippen molar-refractivity contribution in [1.82, 2.24) is 5.01 Å². The van der Waals surface area contributed by atoms with E-state index >= 15 is 0 Å². The van der Waals surface area contributed by atoms with E-state index in [4.69, 9.17) is 0 Å². The zero-order valence-corrected chi connectivity index (χ0v) is 10.0. The lowest BCUT2D eigenvalue weighted by molar-refractivity contribution is 0.393. The van der Waals surface area contributed by atoms with Crippen molar-refractivity contribution in [2.24, 2.45) is 5.10 Å². The van der Waals surface area contributed by atoms with E-state index in [9.17, 15) is 0 Å². The first-order chi connectivity index (χ1) is 7.84. The molecule has 2 aliphatic rings. The molecule has 3 rings (SSSR count). The Balaban J connectivity index is 0.000000457. The Bertz CT molecular complexity index is 435. The predicted octanol–water partition coefficient (Wildman–Crippen LogP) is 2.76. The number of hydrogen-bond acceptors (Lipinski definition) is 3. The van der Waals surface area contributed by atoms with Crippen LogP contribution >= 0.6 is 0 Å². The van der Waals surface area contributed by atoms with E-state index in [-0.39, 0.29) is 0 Å². The highest BCUT2D eigenvalue weighted by Crippen LogP contribution is 2.28. The molecule has 3 heteroatoms. The van der Waals surface area contributed by atoms with Crippen LogP contribution in [-0.2, 0) is 0 Å². The zero-order chi connectivity index (χ0) is 11.5.